The Hall–Kier alpha value is -3.58. The SMILES string of the molecule is COC(=O)C1=C[C@@H](c2ccccc2)C2=C(C1)C[C@@H](C)[C@]1(Oc3c(Cl)c(OC)cc(OC)c3C1=O)C2=O. The maximum absolute atomic E-state index is 14.4. The van der Waals surface area contributed by atoms with Gasteiger partial charge in [-0.15, -0.1) is 0 Å². The third-order valence-corrected chi connectivity index (χ3v) is 7.67. The van der Waals surface area contributed by atoms with Crippen LogP contribution in [-0.2, 0) is 14.3 Å². The zero-order valence-corrected chi connectivity index (χ0v) is 21.1. The Morgan fingerprint density at radius 2 is 1.75 bits per heavy atom. The summed E-state index contributed by atoms with van der Waals surface area (Å²) in [7, 11) is 4.21. The molecule has 7 nitrogen and oxygen atoms in total. The molecule has 0 radical (unpaired) electrons. The summed E-state index contributed by atoms with van der Waals surface area (Å²) in [5, 5.41) is 0.106. The number of halogens is 1. The number of methoxy groups -OCH3 is 3. The molecule has 0 amide bonds. The van der Waals surface area contributed by atoms with Gasteiger partial charge in [0.2, 0.25) is 17.2 Å². The fourth-order valence-electron chi connectivity index (χ4n) is 5.58. The van der Waals surface area contributed by atoms with E-state index in [9.17, 15) is 14.4 Å². The summed E-state index contributed by atoms with van der Waals surface area (Å²) < 4.78 is 22.1. The van der Waals surface area contributed by atoms with Gasteiger partial charge in [-0.05, 0) is 12.0 Å². The van der Waals surface area contributed by atoms with Crippen molar-refractivity contribution in [1.29, 1.82) is 0 Å². The second-order valence-corrected chi connectivity index (χ2v) is 9.54. The van der Waals surface area contributed by atoms with Gasteiger partial charge in [0.1, 0.15) is 22.1 Å². The van der Waals surface area contributed by atoms with Gasteiger partial charge in [0.25, 0.3) is 0 Å². The van der Waals surface area contributed by atoms with Crippen LogP contribution in [0.25, 0.3) is 0 Å². The van der Waals surface area contributed by atoms with Gasteiger partial charge in [-0.1, -0.05) is 60.5 Å². The molecule has 2 aromatic carbocycles. The van der Waals surface area contributed by atoms with Crippen LogP contribution in [0.15, 0.2) is 59.2 Å². The lowest BCUT2D eigenvalue weighted by Gasteiger charge is -2.41. The van der Waals surface area contributed by atoms with E-state index in [-0.39, 0.29) is 34.3 Å². The fraction of sp³-hybridized carbons (Fsp3) is 0.321. The highest BCUT2D eigenvalue weighted by Gasteiger charge is 2.63. The Bertz CT molecular complexity index is 1360. The van der Waals surface area contributed by atoms with E-state index in [1.165, 1.54) is 27.4 Å². The third-order valence-electron chi connectivity index (χ3n) is 7.32. The predicted octanol–water partition coefficient (Wildman–Crippen LogP) is 4.86. The summed E-state index contributed by atoms with van der Waals surface area (Å²) in [6.07, 6.45) is 2.41. The van der Waals surface area contributed by atoms with E-state index in [0.29, 0.717) is 17.6 Å². The van der Waals surface area contributed by atoms with E-state index in [1.807, 2.05) is 30.3 Å². The molecule has 0 saturated carbocycles. The topological polar surface area (TPSA) is 88.1 Å². The lowest BCUT2D eigenvalue weighted by Crippen LogP contribution is -2.57. The highest BCUT2D eigenvalue weighted by molar-refractivity contribution is 6.36. The largest absolute Gasteiger partial charge is 0.496 e. The number of fused-ring (bicyclic) bond motifs is 1. The number of Topliss-reactive ketones (excluding diaryl/α,β-unsaturated/α-hetero) is 2. The van der Waals surface area contributed by atoms with Crippen molar-refractivity contribution in [3.05, 3.63) is 75.3 Å². The molecule has 3 aliphatic rings. The van der Waals surface area contributed by atoms with Crippen molar-refractivity contribution in [1.82, 2.24) is 0 Å². The van der Waals surface area contributed by atoms with Gasteiger partial charge < -0.3 is 18.9 Å². The molecule has 1 aliphatic heterocycles. The van der Waals surface area contributed by atoms with Crippen LogP contribution in [0.4, 0.5) is 0 Å². The number of allylic oxidation sites excluding steroid dienone is 2. The summed E-state index contributed by atoms with van der Waals surface area (Å²) in [4.78, 5) is 40.9. The Balaban J connectivity index is 1.67. The van der Waals surface area contributed by atoms with Crippen LogP contribution in [0.1, 0.15) is 41.6 Å². The molecule has 36 heavy (non-hydrogen) atoms. The summed E-state index contributed by atoms with van der Waals surface area (Å²) in [6, 6.07) is 10.9. The predicted molar refractivity (Wildman–Crippen MR) is 132 cm³/mol. The van der Waals surface area contributed by atoms with Crippen LogP contribution in [0.3, 0.4) is 0 Å². The highest BCUT2D eigenvalue weighted by atomic mass is 35.5. The number of benzene rings is 2. The Morgan fingerprint density at radius 3 is 2.39 bits per heavy atom. The van der Waals surface area contributed by atoms with Gasteiger partial charge in [-0.2, -0.15) is 0 Å². The lowest BCUT2D eigenvalue weighted by molar-refractivity contribution is -0.136. The molecule has 186 valence electrons. The van der Waals surface area contributed by atoms with Crippen molar-refractivity contribution in [3.63, 3.8) is 0 Å². The van der Waals surface area contributed by atoms with Crippen molar-refractivity contribution in [2.24, 2.45) is 5.92 Å². The molecule has 1 heterocycles. The first kappa shape index (κ1) is 24.1. The van der Waals surface area contributed by atoms with E-state index >= 15 is 0 Å². The number of hydrogen-bond acceptors (Lipinski definition) is 7. The quantitative estimate of drug-likeness (QED) is 0.430. The normalized spacial score (nSPS) is 24.6. The van der Waals surface area contributed by atoms with Crippen molar-refractivity contribution >= 4 is 29.1 Å². The summed E-state index contributed by atoms with van der Waals surface area (Å²) in [5.74, 6) is -1.83. The Kier molecular flexibility index (Phi) is 5.91. The van der Waals surface area contributed by atoms with E-state index in [1.54, 1.807) is 13.0 Å². The minimum Gasteiger partial charge on any atom is -0.496 e. The molecular formula is C28H25ClO7. The third kappa shape index (κ3) is 3.29. The molecule has 0 saturated heterocycles. The minimum absolute atomic E-state index is 0.0833. The molecule has 5 rings (SSSR count). The highest BCUT2D eigenvalue weighted by Crippen LogP contribution is 2.56. The van der Waals surface area contributed by atoms with Crippen molar-refractivity contribution in [2.75, 3.05) is 21.3 Å². The second-order valence-electron chi connectivity index (χ2n) is 9.17. The van der Waals surface area contributed by atoms with Crippen LogP contribution >= 0.6 is 11.6 Å². The average Bonchev–Trinajstić information content (AvgIpc) is 3.21. The number of carbonyl (C=O) groups excluding carboxylic acids is 3. The number of esters is 1. The molecule has 1 spiro atoms. The van der Waals surface area contributed by atoms with Crippen LogP contribution in [0.2, 0.25) is 5.02 Å². The second kappa shape index (κ2) is 8.82. The van der Waals surface area contributed by atoms with Gasteiger partial charge in [-0.3, -0.25) is 9.59 Å². The van der Waals surface area contributed by atoms with Gasteiger partial charge in [0.15, 0.2) is 5.75 Å². The van der Waals surface area contributed by atoms with E-state index in [2.05, 4.69) is 0 Å². The lowest BCUT2D eigenvalue weighted by atomic mass is 9.63. The fourth-order valence-corrected chi connectivity index (χ4v) is 5.84. The first-order valence-electron chi connectivity index (χ1n) is 11.6. The van der Waals surface area contributed by atoms with Gasteiger partial charge in [0.05, 0.1) is 21.3 Å². The van der Waals surface area contributed by atoms with Gasteiger partial charge in [-0.25, -0.2) is 4.79 Å². The smallest absolute Gasteiger partial charge is 0.333 e. The maximum Gasteiger partial charge on any atom is 0.333 e. The molecular weight excluding hydrogens is 484 g/mol. The monoisotopic (exact) mass is 508 g/mol. The molecule has 0 bridgehead atoms. The molecule has 0 aromatic heterocycles. The van der Waals surface area contributed by atoms with Crippen molar-refractivity contribution in [3.8, 4) is 17.2 Å². The first-order valence-corrected chi connectivity index (χ1v) is 11.9. The van der Waals surface area contributed by atoms with Crippen LogP contribution in [-0.4, -0.2) is 44.5 Å². The molecule has 2 aromatic rings. The number of ether oxygens (including phenoxy) is 4. The number of carbonyl (C=O) groups is 3. The van der Waals surface area contributed by atoms with Crippen LogP contribution in [0.5, 0.6) is 17.2 Å². The standard InChI is InChI=1S/C28H25ClO7/c1-14-10-16-11-17(27(32)35-4)12-18(15-8-6-5-7-9-15)21(16)25(30)28(14)26(31)22-19(33-2)13-20(34-3)23(29)24(22)36-28/h5-9,12-14,18H,10-11H2,1-4H3/t14-,18+,28+/m1/s1. The maximum atomic E-state index is 14.4. The minimum atomic E-state index is -1.80. The number of ketones is 2. The van der Waals surface area contributed by atoms with Crippen LogP contribution < -0.4 is 14.2 Å². The van der Waals surface area contributed by atoms with E-state index in [0.717, 1.165) is 11.1 Å². The van der Waals surface area contributed by atoms with Gasteiger partial charge >= 0.3 is 5.97 Å². The van der Waals surface area contributed by atoms with E-state index < -0.39 is 35.0 Å². The van der Waals surface area contributed by atoms with Crippen molar-refractivity contribution < 1.29 is 33.3 Å². The Morgan fingerprint density at radius 1 is 1.06 bits per heavy atom. The van der Waals surface area contributed by atoms with E-state index in [4.69, 9.17) is 30.5 Å². The summed E-state index contributed by atoms with van der Waals surface area (Å²) in [5.41, 5.74) is 0.911. The van der Waals surface area contributed by atoms with Crippen LogP contribution in [0, 0.1) is 5.92 Å². The molecule has 0 N–H and O–H groups in total. The average molecular weight is 509 g/mol. The first-order chi connectivity index (χ1) is 17.3. The molecule has 0 unspecified atom stereocenters. The van der Waals surface area contributed by atoms with Gasteiger partial charge in [0, 0.05) is 35.5 Å². The zero-order chi connectivity index (χ0) is 25.8. The Labute approximate surface area is 213 Å². The summed E-state index contributed by atoms with van der Waals surface area (Å²) in [6.45, 7) is 1.80. The molecule has 0 fully saturated rings. The summed E-state index contributed by atoms with van der Waals surface area (Å²) >= 11 is 6.54. The molecule has 2 aliphatic carbocycles. The molecule has 8 heteroatoms. The number of rotatable bonds is 4. The van der Waals surface area contributed by atoms with Crippen molar-refractivity contribution in [2.45, 2.75) is 31.3 Å². The molecule has 3 atom stereocenters. The zero-order valence-electron chi connectivity index (χ0n) is 20.3. The number of hydrogen-bond donors (Lipinski definition) is 0.